The van der Waals surface area contributed by atoms with Crippen molar-refractivity contribution in [3.05, 3.63) is 53.0 Å². The number of hydrogen-bond acceptors (Lipinski definition) is 8. The van der Waals surface area contributed by atoms with Crippen molar-refractivity contribution in [2.75, 3.05) is 51.4 Å². The van der Waals surface area contributed by atoms with Gasteiger partial charge in [-0.05, 0) is 58.5 Å². The van der Waals surface area contributed by atoms with E-state index < -0.39 is 5.82 Å². The number of anilines is 1. The summed E-state index contributed by atoms with van der Waals surface area (Å²) in [4.78, 5) is 28.0. The van der Waals surface area contributed by atoms with Crippen LogP contribution < -0.4 is 9.64 Å². The van der Waals surface area contributed by atoms with Crippen LogP contribution >= 0.6 is 11.6 Å². The van der Waals surface area contributed by atoms with Gasteiger partial charge in [0.1, 0.15) is 17.9 Å². The topological polar surface area (TPSA) is 99.7 Å². The lowest BCUT2D eigenvalue weighted by molar-refractivity contribution is -0.128. The molecular weight excluding hydrogens is 585 g/mol. The fraction of sp³-hybridized carbons (Fsp3) is 0.438. The van der Waals surface area contributed by atoms with E-state index in [1.807, 2.05) is 46.9 Å². The number of piperazine rings is 1. The number of carbonyl (C=O) groups is 1. The summed E-state index contributed by atoms with van der Waals surface area (Å²) in [6.45, 7) is 14.6. The molecule has 1 N–H and O–H groups in total. The Morgan fingerprint density at radius 1 is 1.23 bits per heavy atom. The van der Waals surface area contributed by atoms with Crippen LogP contribution in [0.5, 0.6) is 6.01 Å². The molecule has 2 aliphatic heterocycles. The number of halogens is 2. The number of likely N-dealkylation sites (N-methyl/N-ethyl adjacent to an activating group) is 1. The second kappa shape index (κ2) is 11.9. The summed E-state index contributed by atoms with van der Waals surface area (Å²) in [6, 6.07) is 5.40. The number of nitrogens with one attached hydrogen (secondary N) is 1. The number of benzene rings is 2. The zero-order valence-corrected chi connectivity index (χ0v) is 26.4. The van der Waals surface area contributed by atoms with Crippen molar-refractivity contribution in [1.82, 2.24) is 30.0 Å². The first-order valence-electron chi connectivity index (χ1n) is 14.8. The molecule has 0 bridgehead atoms. The molecule has 0 saturated carbocycles. The summed E-state index contributed by atoms with van der Waals surface area (Å²) in [5, 5.41) is 8.90. The third-order valence-electron chi connectivity index (χ3n) is 8.85. The number of amides is 1. The van der Waals surface area contributed by atoms with Crippen LogP contribution in [0.1, 0.15) is 25.1 Å². The van der Waals surface area contributed by atoms with E-state index in [1.54, 1.807) is 11.0 Å². The van der Waals surface area contributed by atoms with E-state index in [0.29, 0.717) is 43.1 Å². The second-order valence-corrected chi connectivity index (χ2v) is 12.2. The van der Waals surface area contributed by atoms with Crippen molar-refractivity contribution < 1.29 is 18.7 Å². The highest BCUT2D eigenvalue weighted by atomic mass is 35.5. The molecule has 4 heterocycles. The Labute approximate surface area is 260 Å². The predicted molar refractivity (Wildman–Crippen MR) is 170 cm³/mol. The van der Waals surface area contributed by atoms with Crippen molar-refractivity contribution in [1.29, 1.82) is 0 Å². The van der Waals surface area contributed by atoms with Gasteiger partial charge >= 0.3 is 6.01 Å². The van der Waals surface area contributed by atoms with Crippen molar-refractivity contribution in [2.24, 2.45) is 0 Å². The zero-order valence-electron chi connectivity index (χ0n) is 25.7. The number of carbonyl (C=O) groups excluding carboxylic acids is 1. The van der Waals surface area contributed by atoms with Gasteiger partial charge in [-0.25, -0.2) is 4.39 Å². The van der Waals surface area contributed by atoms with E-state index in [9.17, 15) is 4.79 Å². The summed E-state index contributed by atoms with van der Waals surface area (Å²) < 4.78 is 28.8. The van der Waals surface area contributed by atoms with Crippen LogP contribution in [-0.2, 0) is 9.53 Å². The first kappa shape index (κ1) is 30.2. The number of fused-ring (bicyclic) bond motifs is 2. The molecule has 232 valence electrons. The Bertz CT molecular complexity index is 1760. The van der Waals surface area contributed by atoms with Crippen LogP contribution in [0, 0.1) is 19.7 Å². The van der Waals surface area contributed by atoms with Crippen molar-refractivity contribution in [3.63, 3.8) is 0 Å². The summed E-state index contributed by atoms with van der Waals surface area (Å²) in [6.07, 6.45) is 1.33. The minimum atomic E-state index is -0.559. The van der Waals surface area contributed by atoms with Crippen LogP contribution in [0.2, 0.25) is 5.02 Å². The van der Waals surface area contributed by atoms with Crippen LogP contribution in [0.25, 0.3) is 32.9 Å². The maximum atomic E-state index is 17.0. The third-order valence-corrected chi connectivity index (χ3v) is 9.15. The van der Waals surface area contributed by atoms with E-state index in [4.69, 9.17) is 26.1 Å². The van der Waals surface area contributed by atoms with Crippen molar-refractivity contribution in [2.45, 2.75) is 45.8 Å². The molecule has 0 spiro atoms. The molecule has 12 heteroatoms. The smallest absolute Gasteiger partial charge is 0.319 e. The number of aryl methyl sites for hydroxylation is 2. The molecule has 1 amide bonds. The molecular formula is C32H37ClFN7O3. The van der Waals surface area contributed by atoms with Gasteiger partial charge in [0.15, 0.2) is 5.82 Å². The first-order chi connectivity index (χ1) is 21.1. The molecule has 2 aromatic heterocycles. The van der Waals surface area contributed by atoms with Gasteiger partial charge in [0.25, 0.3) is 0 Å². The maximum Gasteiger partial charge on any atom is 0.319 e. The van der Waals surface area contributed by atoms with E-state index in [1.165, 1.54) is 6.08 Å². The number of rotatable bonds is 6. The lowest BCUT2D eigenvalue weighted by Gasteiger charge is -2.44. The number of aromatic nitrogens is 4. The molecule has 2 aliphatic rings. The van der Waals surface area contributed by atoms with Crippen molar-refractivity contribution >= 4 is 45.1 Å². The van der Waals surface area contributed by atoms with Crippen LogP contribution in [-0.4, -0.2) is 101 Å². The molecule has 2 fully saturated rings. The van der Waals surface area contributed by atoms with E-state index >= 15 is 4.39 Å². The van der Waals surface area contributed by atoms with E-state index in [-0.39, 0.29) is 52.8 Å². The molecule has 2 saturated heterocycles. The first-order valence-corrected chi connectivity index (χ1v) is 15.2. The van der Waals surface area contributed by atoms with Gasteiger partial charge in [-0.3, -0.25) is 14.8 Å². The Morgan fingerprint density at radius 2 is 2.02 bits per heavy atom. The highest BCUT2D eigenvalue weighted by Gasteiger charge is 2.34. The number of morpholine rings is 1. The second-order valence-electron chi connectivity index (χ2n) is 11.8. The standard InChI is InChI=1S/C32H37ClFN7O3/c1-7-25(42)40-13-19(4)41(14-18(40)3)31-22-12-23(33)28(26-17(2)8-9-24-27(26)20(5)37-38-24)29(34)30(22)35-32(36-31)44-16-21-15-43-11-10-39(21)6/h7-9,12,18-19,21H,1,10-11,13-16H2,2-6H3,(H,37,38)/t18-,19+,21?/m1/s1. The summed E-state index contributed by atoms with van der Waals surface area (Å²) >= 11 is 6.95. The van der Waals surface area contributed by atoms with Crippen LogP contribution in [0.15, 0.2) is 30.9 Å². The molecule has 44 heavy (non-hydrogen) atoms. The van der Waals surface area contributed by atoms with Crippen LogP contribution in [0.3, 0.4) is 0 Å². The summed E-state index contributed by atoms with van der Waals surface area (Å²) in [7, 11) is 2.02. The summed E-state index contributed by atoms with van der Waals surface area (Å²) in [5.41, 5.74) is 3.43. The highest BCUT2D eigenvalue weighted by molar-refractivity contribution is 6.35. The average molecular weight is 622 g/mol. The number of hydrogen-bond donors (Lipinski definition) is 1. The minimum Gasteiger partial charge on any atom is -0.462 e. The third kappa shape index (κ3) is 5.27. The molecule has 6 rings (SSSR count). The largest absolute Gasteiger partial charge is 0.462 e. The Hall–Kier alpha value is -3.80. The van der Waals surface area contributed by atoms with E-state index in [2.05, 4.69) is 31.6 Å². The molecule has 1 unspecified atom stereocenters. The normalized spacial score (nSPS) is 21.3. The maximum absolute atomic E-state index is 17.0. The number of H-pyrrole nitrogens is 1. The van der Waals surface area contributed by atoms with Crippen molar-refractivity contribution in [3.8, 4) is 17.1 Å². The zero-order chi connectivity index (χ0) is 31.3. The summed E-state index contributed by atoms with van der Waals surface area (Å²) in [5.74, 6) is -0.182. The number of ether oxygens (including phenoxy) is 2. The highest BCUT2D eigenvalue weighted by Crippen LogP contribution is 2.43. The number of nitrogens with zero attached hydrogens (tertiary/aromatic N) is 6. The van der Waals surface area contributed by atoms with Gasteiger partial charge in [0.05, 0.1) is 35.5 Å². The minimum absolute atomic E-state index is 0.00819. The quantitative estimate of drug-likeness (QED) is 0.304. The van der Waals surface area contributed by atoms with Gasteiger partial charge in [-0.15, -0.1) is 0 Å². The fourth-order valence-corrected chi connectivity index (χ4v) is 6.59. The average Bonchev–Trinajstić information content (AvgIpc) is 3.38. The SMILES string of the molecule is C=CC(=O)N1C[C@H](C)N(c2nc(OCC3COCCN3C)nc3c(F)c(-c4c(C)ccc5[nH]nc(C)c45)c(Cl)cc23)C[C@H]1C. The molecule has 10 nitrogen and oxygen atoms in total. The lowest BCUT2D eigenvalue weighted by atomic mass is 9.94. The van der Waals surface area contributed by atoms with E-state index in [0.717, 1.165) is 28.7 Å². The van der Waals surface area contributed by atoms with Crippen LogP contribution in [0.4, 0.5) is 10.2 Å². The molecule has 0 radical (unpaired) electrons. The molecule has 4 aromatic rings. The van der Waals surface area contributed by atoms with Gasteiger partial charge in [0, 0.05) is 53.6 Å². The number of aromatic amines is 1. The molecule has 3 atom stereocenters. The Balaban J connectivity index is 1.51. The van der Waals surface area contributed by atoms with Gasteiger partial charge in [-0.1, -0.05) is 24.2 Å². The predicted octanol–water partition coefficient (Wildman–Crippen LogP) is 4.90. The molecule has 2 aromatic carbocycles. The lowest BCUT2D eigenvalue weighted by Crippen LogP contribution is -2.58. The fourth-order valence-electron chi connectivity index (χ4n) is 6.30. The molecule has 0 aliphatic carbocycles. The van der Waals surface area contributed by atoms with Gasteiger partial charge in [0.2, 0.25) is 5.91 Å². The Kier molecular flexibility index (Phi) is 8.21. The Morgan fingerprint density at radius 3 is 2.77 bits per heavy atom. The van der Waals surface area contributed by atoms with Gasteiger partial charge in [-0.2, -0.15) is 15.1 Å². The monoisotopic (exact) mass is 621 g/mol. The van der Waals surface area contributed by atoms with Gasteiger partial charge < -0.3 is 19.3 Å².